The number of nitrogens with zero attached hydrogens (tertiary/aromatic N) is 1. The van der Waals surface area contributed by atoms with Gasteiger partial charge in [-0.15, -0.1) is 0 Å². The van der Waals surface area contributed by atoms with E-state index in [2.05, 4.69) is 15.6 Å². The summed E-state index contributed by atoms with van der Waals surface area (Å²) in [6, 6.07) is 12.0. The Bertz CT molecular complexity index is 955. The Balaban J connectivity index is 2.01. The van der Waals surface area contributed by atoms with Crippen molar-refractivity contribution in [3.05, 3.63) is 65.2 Å². The molecule has 2 aromatic rings. The fraction of sp³-hybridized carbons (Fsp3) is 0.238. The van der Waals surface area contributed by atoms with Gasteiger partial charge < -0.3 is 32.9 Å². The van der Waals surface area contributed by atoms with E-state index in [-0.39, 0.29) is 30.4 Å². The van der Waals surface area contributed by atoms with Gasteiger partial charge in [0.15, 0.2) is 5.96 Å². The van der Waals surface area contributed by atoms with E-state index in [0.29, 0.717) is 24.2 Å². The van der Waals surface area contributed by atoms with Crippen molar-refractivity contribution in [2.24, 2.45) is 22.2 Å². The van der Waals surface area contributed by atoms with Crippen molar-refractivity contribution >= 4 is 29.4 Å². The van der Waals surface area contributed by atoms with Crippen LogP contribution < -0.4 is 27.8 Å². The molecular formula is C21H26N6O4. The minimum absolute atomic E-state index is 0.0786. The van der Waals surface area contributed by atoms with Crippen LogP contribution in [0.1, 0.15) is 39.1 Å². The maximum absolute atomic E-state index is 12.5. The lowest BCUT2D eigenvalue weighted by atomic mass is 10.1. The molecule has 0 saturated carbocycles. The molecule has 10 nitrogen and oxygen atoms in total. The average molecular weight is 426 g/mol. The first-order valence-electron chi connectivity index (χ1n) is 9.59. The van der Waals surface area contributed by atoms with Gasteiger partial charge in [0, 0.05) is 29.9 Å². The number of aliphatic carboxylic acids is 1. The molecule has 0 saturated heterocycles. The quantitative estimate of drug-likeness (QED) is 0.183. The zero-order chi connectivity index (χ0) is 22.8. The number of carbonyl (C=O) groups excluding carboxylic acids is 2. The van der Waals surface area contributed by atoms with Gasteiger partial charge in [0.25, 0.3) is 11.8 Å². The molecule has 0 aliphatic heterocycles. The third-order valence-electron chi connectivity index (χ3n) is 4.38. The summed E-state index contributed by atoms with van der Waals surface area (Å²) in [6.45, 7) is 0.639. The number of hydrogen-bond donors (Lipinski definition) is 6. The molecule has 0 radical (unpaired) electrons. The molecule has 2 aromatic carbocycles. The molecular weight excluding hydrogens is 400 g/mol. The van der Waals surface area contributed by atoms with E-state index in [9.17, 15) is 19.5 Å². The fourth-order valence-corrected chi connectivity index (χ4v) is 2.74. The average Bonchev–Trinajstić information content (AvgIpc) is 2.75. The van der Waals surface area contributed by atoms with Gasteiger partial charge in [-0.2, -0.15) is 0 Å². The minimum atomic E-state index is -1.16. The molecule has 0 aromatic heterocycles. The number of nitrogens with two attached hydrogens (primary N) is 3. The van der Waals surface area contributed by atoms with E-state index in [1.54, 1.807) is 36.4 Å². The first-order chi connectivity index (χ1) is 14.8. The maximum Gasteiger partial charge on any atom is 0.326 e. The Morgan fingerprint density at radius 1 is 1.00 bits per heavy atom. The van der Waals surface area contributed by atoms with Crippen LogP contribution in [0.2, 0.25) is 0 Å². The third-order valence-corrected chi connectivity index (χ3v) is 4.38. The summed E-state index contributed by atoms with van der Waals surface area (Å²) in [5.74, 6) is -2.16. The van der Waals surface area contributed by atoms with Gasteiger partial charge in [0.05, 0.1) is 0 Å². The molecule has 0 aliphatic rings. The number of rotatable bonds is 10. The van der Waals surface area contributed by atoms with Crippen molar-refractivity contribution in [2.45, 2.75) is 25.4 Å². The van der Waals surface area contributed by atoms with Gasteiger partial charge in [0.1, 0.15) is 6.04 Å². The van der Waals surface area contributed by atoms with E-state index in [1.165, 1.54) is 12.1 Å². The van der Waals surface area contributed by atoms with Crippen LogP contribution in [0, 0.1) is 0 Å². The molecule has 0 fully saturated rings. The van der Waals surface area contributed by atoms with Crippen LogP contribution in [0.5, 0.6) is 0 Å². The Morgan fingerprint density at radius 2 is 1.71 bits per heavy atom. The zero-order valence-corrected chi connectivity index (χ0v) is 16.9. The molecule has 164 valence electrons. The molecule has 2 amide bonds. The number of aliphatic imine (C=N–C) groups is 1. The Labute approximate surface area is 179 Å². The number of amides is 2. The van der Waals surface area contributed by atoms with Crippen LogP contribution in [0.3, 0.4) is 0 Å². The van der Waals surface area contributed by atoms with Gasteiger partial charge >= 0.3 is 5.97 Å². The molecule has 0 heterocycles. The maximum atomic E-state index is 12.5. The van der Waals surface area contributed by atoms with Gasteiger partial charge in [-0.25, -0.2) is 4.79 Å². The van der Waals surface area contributed by atoms with E-state index in [4.69, 9.17) is 17.2 Å². The number of nitrogens with one attached hydrogen (secondary N) is 2. The summed E-state index contributed by atoms with van der Waals surface area (Å²) < 4.78 is 0. The zero-order valence-electron chi connectivity index (χ0n) is 16.9. The van der Waals surface area contributed by atoms with Crippen LogP contribution in [0.15, 0.2) is 53.5 Å². The number of hydrogen-bond acceptors (Lipinski definition) is 5. The monoisotopic (exact) mass is 426 g/mol. The highest BCUT2D eigenvalue weighted by molar-refractivity contribution is 6.05. The molecule has 1 atom stereocenters. The largest absolute Gasteiger partial charge is 0.480 e. The lowest BCUT2D eigenvalue weighted by Crippen LogP contribution is -2.40. The first-order valence-corrected chi connectivity index (χ1v) is 9.59. The second-order valence-corrected chi connectivity index (χ2v) is 6.75. The normalized spacial score (nSPS) is 11.3. The second kappa shape index (κ2) is 11.3. The van der Waals surface area contributed by atoms with Crippen molar-refractivity contribution in [1.82, 2.24) is 5.32 Å². The summed E-state index contributed by atoms with van der Waals surface area (Å²) in [6.07, 6.45) is 0.543. The van der Waals surface area contributed by atoms with Crippen molar-refractivity contribution in [2.75, 3.05) is 11.9 Å². The number of carboxylic acids is 1. The highest BCUT2D eigenvalue weighted by atomic mass is 16.4. The second-order valence-electron chi connectivity index (χ2n) is 6.75. The molecule has 9 N–H and O–H groups in total. The van der Waals surface area contributed by atoms with Crippen molar-refractivity contribution in [3.63, 3.8) is 0 Å². The Kier molecular flexibility index (Phi) is 8.52. The first kappa shape index (κ1) is 23.4. The molecule has 10 heteroatoms. The van der Waals surface area contributed by atoms with Gasteiger partial charge in [0.2, 0.25) is 0 Å². The van der Waals surface area contributed by atoms with E-state index in [1.807, 2.05) is 0 Å². The number of anilines is 1. The molecule has 0 aliphatic carbocycles. The van der Waals surface area contributed by atoms with Gasteiger partial charge in [-0.3, -0.25) is 14.6 Å². The summed E-state index contributed by atoms with van der Waals surface area (Å²) in [4.78, 5) is 40.2. The van der Waals surface area contributed by atoms with E-state index in [0.717, 1.165) is 5.56 Å². The molecule has 2 rings (SSSR count). The van der Waals surface area contributed by atoms with Crippen LogP contribution in [-0.2, 0) is 11.3 Å². The van der Waals surface area contributed by atoms with Gasteiger partial charge in [-0.05, 0) is 48.7 Å². The lowest BCUT2D eigenvalue weighted by molar-refractivity contribution is -0.139. The van der Waals surface area contributed by atoms with E-state index >= 15 is 0 Å². The smallest absolute Gasteiger partial charge is 0.326 e. The van der Waals surface area contributed by atoms with Gasteiger partial charge in [-0.1, -0.05) is 18.2 Å². The van der Waals surface area contributed by atoms with Crippen LogP contribution in [0.4, 0.5) is 5.69 Å². The lowest BCUT2D eigenvalue weighted by Gasteiger charge is -2.14. The number of carbonyl (C=O) groups is 3. The predicted octanol–water partition coefficient (Wildman–Crippen LogP) is 0.634. The fourth-order valence-electron chi connectivity index (χ4n) is 2.74. The van der Waals surface area contributed by atoms with Crippen molar-refractivity contribution in [3.8, 4) is 0 Å². The summed E-state index contributed by atoms with van der Waals surface area (Å²) in [5.41, 5.74) is 18.0. The molecule has 0 unspecified atom stereocenters. The molecule has 31 heavy (non-hydrogen) atoms. The number of carboxylic acid groups (broad SMARTS) is 1. The summed E-state index contributed by atoms with van der Waals surface area (Å²) in [5, 5.41) is 14.5. The summed E-state index contributed by atoms with van der Waals surface area (Å²) >= 11 is 0. The number of guanidine groups is 1. The highest BCUT2D eigenvalue weighted by Gasteiger charge is 2.20. The molecule has 0 spiro atoms. The highest BCUT2D eigenvalue weighted by Crippen LogP contribution is 2.14. The predicted molar refractivity (Wildman–Crippen MR) is 118 cm³/mol. The summed E-state index contributed by atoms with van der Waals surface area (Å²) in [7, 11) is 0. The van der Waals surface area contributed by atoms with Crippen molar-refractivity contribution in [1.29, 1.82) is 0 Å². The molecule has 0 bridgehead atoms. The third kappa shape index (κ3) is 7.44. The Hall–Kier alpha value is -3.92. The van der Waals surface area contributed by atoms with E-state index < -0.39 is 17.9 Å². The standard InChI is InChI=1S/C21H26N6O4/c22-12-13-6-8-14(9-7-13)18(28)26-16-4-1-3-15(11-16)19(29)27-17(20(30)31)5-2-10-25-21(23)24/h1,3-4,6-9,11,17H,2,5,10,12,22H2,(H,26,28)(H,27,29)(H,30,31)(H4,23,24,25)/t17-/m0/s1. The Morgan fingerprint density at radius 3 is 2.32 bits per heavy atom. The van der Waals surface area contributed by atoms with Crippen LogP contribution in [-0.4, -0.2) is 41.4 Å². The topological polar surface area (TPSA) is 186 Å². The minimum Gasteiger partial charge on any atom is -0.480 e. The van der Waals surface area contributed by atoms with Crippen molar-refractivity contribution < 1.29 is 19.5 Å². The number of benzene rings is 2. The van der Waals surface area contributed by atoms with Crippen LogP contribution >= 0.6 is 0 Å². The van der Waals surface area contributed by atoms with Crippen LogP contribution in [0.25, 0.3) is 0 Å². The SMILES string of the molecule is NCc1ccc(C(=O)Nc2cccc(C(=O)N[C@@H](CCCN=C(N)N)C(=O)O)c2)cc1.